The van der Waals surface area contributed by atoms with Crippen LogP contribution in [0.5, 0.6) is 5.75 Å². The van der Waals surface area contributed by atoms with Gasteiger partial charge in [0.1, 0.15) is 12.4 Å². The molecule has 23 heavy (non-hydrogen) atoms. The number of hydrogen-bond donors (Lipinski definition) is 1. The van der Waals surface area contributed by atoms with Gasteiger partial charge in [-0.3, -0.25) is 4.79 Å². The molecule has 0 aliphatic carbocycles. The highest BCUT2D eigenvalue weighted by atomic mass is 35.5. The molecule has 0 unspecified atom stereocenters. The molecule has 0 bridgehead atoms. The SMILES string of the molecule is CCCCn1c(COc2ccc(Cl)cc2)nnc1SCC(=O)O. The lowest BCUT2D eigenvalue weighted by atomic mass is 10.3. The number of benzene rings is 1. The first-order valence-corrected chi connectivity index (χ1v) is 8.61. The molecule has 0 aliphatic heterocycles. The second-order valence-electron chi connectivity index (χ2n) is 4.83. The van der Waals surface area contributed by atoms with E-state index in [1.54, 1.807) is 24.3 Å². The normalized spacial score (nSPS) is 10.7. The lowest BCUT2D eigenvalue weighted by Crippen LogP contribution is -2.09. The summed E-state index contributed by atoms with van der Waals surface area (Å²) in [4.78, 5) is 10.7. The molecule has 6 nitrogen and oxygen atoms in total. The van der Waals surface area contributed by atoms with Gasteiger partial charge in [-0.2, -0.15) is 0 Å². The summed E-state index contributed by atoms with van der Waals surface area (Å²) >= 11 is 7.01. The van der Waals surface area contributed by atoms with Crippen LogP contribution in [0.1, 0.15) is 25.6 Å². The maximum atomic E-state index is 10.7. The summed E-state index contributed by atoms with van der Waals surface area (Å²) in [5.41, 5.74) is 0. The fraction of sp³-hybridized carbons (Fsp3) is 0.400. The number of nitrogens with zero attached hydrogens (tertiary/aromatic N) is 3. The van der Waals surface area contributed by atoms with Crippen molar-refractivity contribution in [2.75, 3.05) is 5.75 Å². The van der Waals surface area contributed by atoms with Gasteiger partial charge in [0.15, 0.2) is 11.0 Å². The lowest BCUT2D eigenvalue weighted by Gasteiger charge is -2.10. The molecule has 0 saturated heterocycles. The van der Waals surface area contributed by atoms with E-state index in [2.05, 4.69) is 17.1 Å². The van der Waals surface area contributed by atoms with Crippen molar-refractivity contribution in [3.8, 4) is 5.75 Å². The molecule has 0 fully saturated rings. The smallest absolute Gasteiger partial charge is 0.313 e. The van der Waals surface area contributed by atoms with Crippen LogP contribution in [0.3, 0.4) is 0 Å². The first-order chi connectivity index (χ1) is 11.1. The zero-order valence-corrected chi connectivity index (χ0v) is 14.3. The Morgan fingerprint density at radius 2 is 2.09 bits per heavy atom. The second-order valence-corrected chi connectivity index (χ2v) is 6.21. The van der Waals surface area contributed by atoms with Gasteiger partial charge in [-0.15, -0.1) is 10.2 Å². The summed E-state index contributed by atoms with van der Waals surface area (Å²) in [6, 6.07) is 7.09. The van der Waals surface area contributed by atoms with Gasteiger partial charge in [0.25, 0.3) is 0 Å². The van der Waals surface area contributed by atoms with Gasteiger partial charge in [0.05, 0.1) is 5.75 Å². The molecule has 1 N–H and O–H groups in total. The summed E-state index contributed by atoms with van der Waals surface area (Å²) in [6.45, 7) is 3.11. The molecule has 0 amide bonds. The minimum atomic E-state index is -0.876. The average Bonchev–Trinajstić information content (AvgIpc) is 2.92. The summed E-state index contributed by atoms with van der Waals surface area (Å²) in [7, 11) is 0. The predicted molar refractivity (Wildman–Crippen MR) is 89.1 cm³/mol. The van der Waals surface area contributed by atoms with Gasteiger partial charge in [-0.05, 0) is 30.7 Å². The van der Waals surface area contributed by atoms with E-state index in [0.717, 1.165) is 19.4 Å². The number of thioether (sulfide) groups is 1. The molecule has 2 aromatic rings. The first kappa shape index (κ1) is 17.6. The summed E-state index contributed by atoms with van der Waals surface area (Å²) < 4.78 is 7.62. The predicted octanol–water partition coefficient (Wildman–Crippen LogP) is 3.49. The quantitative estimate of drug-likeness (QED) is 0.694. The molecule has 8 heteroatoms. The number of ether oxygens (including phenoxy) is 1. The maximum absolute atomic E-state index is 10.7. The van der Waals surface area contributed by atoms with Crippen LogP contribution in [0.4, 0.5) is 0 Å². The Morgan fingerprint density at radius 3 is 2.74 bits per heavy atom. The van der Waals surface area contributed by atoms with Crippen molar-refractivity contribution in [3.63, 3.8) is 0 Å². The minimum absolute atomic E-state index is 0.0394. The molecule has 124 valence electrons. The van der Waals surface area contributed by atoms with Crippen LogP contribution in [0.25, 0.3) is 0 Å². The van der Waals surface area contributed by atoms with Crippen LogP contribution in [-0.4, -0.2) is 31.6 Å². The van der Waals surface area contributed by atoms with Gasteiger partial charge >= 0.3 is 5.97 Å². The Labute approximate surface area is 143 Å². The van der Waals surface area contributed by atoms with Crippen LogP contribution in [-0.2, 0) is 17.9 Å². The van der Waals surface area contributed by atoms with Crippen molar-refractivity contribution >= 4 is 29.3 Å². The molecule has 1 heterocycles. The number of hydrogen-bond acceptors (Lipinski definition) is 5. The molecule has 1 aromatic heterocycles. The first-order valence-electron chi connectivity index (χ1n) is 7.25. The van der Waals surface area contributed by atoms with Gasteiger partial charge in [0, 0.05) is 11.6 Å². The van der Waals surface area contributed by atoms with Crippen molar-refractivity contribution < 1.29 is 14.6 Å². The molecule has 1 aromatic carbocycles. The topological polar surface area (TPSA) is 77.2 Å². The highest BCUT2D eigenvalue weighted by molar-refractivity contribution is 7.99. The highest BCUT2D eigenvalue weighted by Gasteiger charge is 2.14. The van der Waals surface area contributed by atoms with Crippen molar-refractivity contribution in [3.05, 3.63) is 35.1 Å². The van der Waals surface area contributed by atoms with Crippen LogP contribution in [0, 0.1) is 0 Å². The largest absolute Gasteiger partial charge is 0.486 e. The van der Waals surface area contributed by atoms with E-state index in [-0.39, 0.29) is 12.4 Å². The van der Waals surface area contributed by atoms with E-state index in [1.165, 1.54) is 11.8 Å². The van der Waals surface area contributed by atoms with Crippen LogP contribution in [0.15, 0.2) is 29.4 Å². The van der Waals surface area contributed by atoms with E-state index in [1.807, 2.05) is 4.57 Å². The highest BCUT2D eigenvalue weighted by Crippen LogP contribution is 2.20. The van der Waals surface area contributed by atoms with Crippen molar-refractivity contribution in [1.82, 2.24) is 14.8 Å². The van der Waals surface area contributed by atoms with Gasteiger partial charge < -0.3 is 14.4 Å². The van der Waals surface area contributed by atoms with Gasteiger partial charge in [0.2, 0.25) is 0 Å². The average molecular weight is 356 g/mol. The van der Waals surface area contributed by atoms with Crippen LogP contribution < -0.4 is 4.74 Å². The van der Waals surface area contributed by atoms with E-state index >= 15 is 0 Å². The third-order valence-corrected chi connectivity index (χ3v) is 4.24. The number of unbranched alkanes of at least 4 members (excludes halogenated alkanes) is 1. The molecule has 0 saturated carbocycles. The third kappa shape index (κ3) is 5.44. The standard InChI is InChI=1S/C15H18ClN3O3S/c1-2-3-8-19-13(17-18-15(19)23-10-14(20)21)9-22-12-6-4-11(16)5-7-12/h4-7H,2-3,8-10H2,1H3,(H,20,21). The number of carboxylic acid groups (broad SMARTS) is 1. The van der Waals surface area contributed by atoms with E-state index in [9.17, 15) is 4.79 Å². The summed E-state index contributed by atoms with van der Waals surface area (Å²) in [5, 5.41) is 18.3. The molecule has 0 atom stereocenters. The summed E-state index contributed by atoms with van der Waals surface area (Å²) in [6.07, 6.45) is 1.99. The minimum Gasteiger partial charge on any atom is -0.486 e. The number of halogens is 1. The molecule has 0 aliphatic rings. The van der Waals surface area contributed by atoms with E-state index < -0.39 is 5.97 Å². The van der Waals surface area contributed by atoms with Gasteiger partial charge in [-0.25, -0.2) is 0 Å². The maximum Gasteiger partial charge on any atom is 0.313 e. The van der Waals surface area contributed by atoms with Crippen molar-refractivity contribution in [2.24, 2.45) is 0 Å². The van der Waals surface area contributed by atoms with Crippen LogP contribution >= 0.6 is 23.4 Å². The number of carbonyl (C=O) groups is 1. The number of carboxylic acids is 1. The third-order valence-electron chi connectivity index (χ3n) is 3.04. The number of aromatic nitrogens is 3. The Bertz CT molecular complexity index is 646. The zero-order chi connectivity index (χ0) is 16.7. The Hall–Kier alpha value is -1.73. The fourth-order valence-electron chi connectivity index (χ4n) is 1.88. The fourth-order valence-corrected chi connectivity index (χ4v) is 2.71. The Kier molecular flexibility index (Phi) is 6.73. The zero-order valence-electron chi connectivity index (χ0n) is 12.7. The molecule has 0 radical (unpaired) electrons. The molecular formula is C15H18ClN3O3S. The van der Waals surface area contributed by atoms with E-state index in [0.29, 0.717) is 21.8 Å². The lowest BCUT2D eigenvalue weighted by molar-refractivity contribution is -0.133. The van der Waals surface area contributed by atoms with Crippen LogP contribution in [0.2, 0.25) is 5.02 Å². The van der Waals surface area contributed by atoms with Crippen molar-refractivity contribution in [2.45, 2.75) is 38.1 Å². The monoisotopic (exact) mass is 355 g/mol. The molecular weight excluding hydrogens is 338 g/mol. The summed E-state index contributed by atoms with van der Waals surface area (Å²) in [5.74, 6) is 0.460. The Morgan fingerprint density at radius 1 is 1.35 bits per heavy atom. The van der Waals surface area contributed by atoms with Gasteiger partial charge in [-0.1, -0.05) is 36.7 Å². The molecule has 0 spiro atoms. The Balaban J connectivity index is 2.06. The van der Waals surface area contributed by atoms with E-state index in [4.69, 9.17) is 21.4 Å². The molecule has 2 rings (SSSR count). The van der Waals surface area contributed by atoms with Crippen molar-refractivity contribution in [1.29, 1.82) is 0 Å². The number of rotatable bonds is 9. The number of aliphatic carboxylic acids is 1. The second kappa shape index (κ2) is 8.79.